The van der Waals surface area contributed by atoms with E-state index >= 15 is 0 Å². The van der Waals surface area contributed by atoms with Gasteiger partial charge in [0, 0.05) is 24.9 Å². The number of aliphatic carboxylic acids is 1. The zero-order chi connectivity index (χ0) is 14.7. The van der Waals surface area contributed by atoms with Gasteiger partial charge in [-0.1, -0.05) is 19.9 Å². The van der Waals surface area contributed by atoms with Crippen molar-refractivity contribution in [3.05, 3.63) is 35.4 Å². The molecule has 1 aliphatic rings. The van der Waals surface area contributed by atoms with Crippen LogP contribution in [0.1, 0.15) is 31.4 Å². The highest BCUT2D eigenvalue weighted by Crippen LogP contribution is 2.29. The summed E-state index contributed by atoms with van der Waals surface area (Å²) in [7, 11) is 0. The summed E-state index contributed by atoms with van der Waals surface area (Å²) in [6, 6.07) is 6.16. The Kier molecular flexibility index (Phi) is 4.48. The number of aryl methyl sites for hydroxylation is 1. The molecule has 1 heterocycles. The van der Waals surface area contributed by atoms with Crippen molar-refractivity contribution in [2.75, 3.05) is 18.0 Å². The Morgan fingerprint density at radius 3 is 2.50 bits per heavy atom. The monoisotopic (exact) mass is 273 g/mol. The van der Waals surface area contributed by atoms with Crippen molar-refractivity contribution >= 4 is 17.7 Å². The van der Waals surface area contributed by atoms with Crippen LogP contribution >= 0.6 is 0 Å². The first-order chi connectivity index (χ1) is 9.45. The van der Waals surface area contributed by atoms with E-state index in [1.807, 2.05) is 6.07 Å². The number of carboxylic acid groups (broad SMARTS) is 1. The van der Waals surface area contributed by atoms with Crippen LogP contribution in [0.25, 0.3) is 6.08 Å². The minimum atomic E-state index is -0.912. The van der Waals surface area contributed by atoms with Gasteiger partial charge in [0.25, 0.3) is 0 Å². The number of hydrogen-bond donors (Lipinski definition) is 1. The van der Waals surface area contributed by atoms with Gasteiger partial charge >= 0.3 is 5.97 Å². The van der Waals surface area contributed by atoms with Crippen molar-refractivity contribution in [2.24, 2.45) is 11.8 Å². The molecule has 108 valence electrons. The third kappa shape index (κ3) is 3.62. The van der Waals surface area contributed by atoms with Gasteiger partial charge in [0.2, 0.25) is 0 Å². The molecule has 1 fully saturated rings. The third-order valence-corrected chi connectivity index (χ3v) is 3.85. The summed E-state index contributed by atoms with van der Waals surface area (Å²) in [6.07, 6.45) is 4.12. The van der Waals surface area contributed by atoms with Crippen LogP contribution in [0.3, 0.4) is 0 Å². The fraction of sp³-hybridized carbons (Fsp3) is 0.471. The lowest BCUT2D eigenvalue weighted by Gasteiger charge is -2.37. The topological polar surface area (TPSA) is 40.5 Å². The predicted molar refractivity (Wildman–Crippen MR) is 83.0 cm³/mol. The lowest BCUT2D eigenvalue weighted by Crippen LogP contribution is -2.39. The summed E-state index contributed by atoms with van der Waals surface area (Å²) in [5.41, 5.74) is 3.42. The van der Waals surface area contributed by atoms with Gasteiger partial charge in [0.15, 0.2) is 0 Å². The molecule has 20 heavy (non-hydrogen) atoms. The largest absolute Gasteiger partial charge is 0.478 e. The Balaban J connectivity index is 2.19. The first kappa shape index (κ1) is 14.6. The predicted octanol–water partition coefficient (Wildman–Crippen LogP) is 3.58. The van der Waals surface area contributed by atoms with E-state index in [1.54, 1.807) is 6.08 Å². The van der Waals surface area contributed by atoms with E-state index < -0.39 is 5.97 Å². The van der Waals surface area contributed by atoms with Gasteiger partial charge in [0.1, 0.15) is 0 Å². The van der Waals surface area contributed by atoms with Crippen LogP contribution in [0, 0.1) is 18.8 Å². The first-order valence-electron chi connectivity index (χ1n) is 7.22. The van der Waals surface area contributed by atoms with E-state index in [0.717, 1.165) is 30.5 Å². The highest BCUT2D eigenvalue weighted by atomic mass is 16.4. The molecule has 0 aromatic heterocycles. The Morgan fingerprint density at radius 2 is 1.95 bits per heavy atom. The van der Waals surface area contributed by atoms with Gasteiger partial charge in [-0.25, -0.2) is 4.79 Å². The molecule has 0 spiro atoms. The van der Waals surface area contributed by atoms with Crippen molar-refractivity contribution < 1.29 is 9.90 Å². The number of rotatable bonds is 3. The average Bonchev–Trinajstić information content (AvgIpc) is 2.35. The number of carbonyl (C=O) groups is 1. The van der Waals surface area contributed by atoms with E-state index in [-0.39, 0.29) is 0 Å². The molecule has 0 radical (unpaired) electrons. The van der Waals surface area contributed by atoms with Gasteiger partial charge < -0.3 is 10.0 Å². The summed E-state index contributed by atoms with van der Waals surface area (Å²) < 4.78 is 0. The van der Waals surface area contributed by atoms with Crippen molar-refractivity contribution in [3.8, 4) is 0 Å². The standard InChI is InChI=1S/C17H23NO2/c1-12-8-13(2)11-18(10-12)16-6-4-15(9-14(16)3)5-7-17(19)20/h4-7,9,12-13H,8,10-11H2,1-3H3,(H,19,20). The molecule has 0 saturated carbocycles. The van der Waals surface area contributed by atoms with Gasteiger partial charge in [-0.3, -0.25) is 0 Å². The summed E-state index contributed by atoms with van der Waals surface area (Å²) >= 11 is 0. The summed E-state index contributed by atoms with van der Waals surface area (Å²) in [6.45, 7) is 8.92. The zero-order valence-corrected chi connectivity index (χ0v) is 12.5. The lowest BCUT2D eigenvalue weighted by molar-refractivity contribution is -0.131. The van der Waals surface area contributed by atoms with Crippen LogP contribution in [-0.4, -0.2) is 24.2 Å². The summed E-state index contributed by atoms with van der Waals surface area (Å²) in [5, 5.41) is 8.67. The molecule has 0 aliphatic carbocycles. The third-order valence-electron chi connectivity index (χ3n) is 3.85. The van der Waals surface area contributed by atoms with E-state index in [4.69, 9.17) is 5.11 Å². The lowest BCUT2D eigenvalue weighted by atomic mass is 9.91. The van der Waals surface area contributed by atoms with E-state index in [0.29, 0.717) is 0 Å². The maximum Gasteiger partial charge on any atom is 0.328 e. The quantitative estimate of drug-likeness (QED) is 0.856. The number of nitrogens with zero attached hydrogens (tertiary/aromatic N) is 1. The van der Waals surface area contributed by atoms with Crippen molar-refractivity contribution in [1.82, 2.24) is 0 Å². The van der Waals surface area contributed by atoms with Gasteiger partial charge in [0.05, 0.1) is 0 Å². The molecular formula is C17H23NO2. The van der Waals surface area contributed by atoms with E-state index in [1.165, 1.54) is 23.7 Å². The van der Waals surface area contributed by atoms with Crippen LogP contribution in [0.2, 0.25) is 0 Å². The minimum absolute atomic E-state index is 0.727. The Labute approximate surface area is 120 Å². The van der Waals surface area contributed by atoms with E-state index in [9.17, 15) is 4.79 Å². The summed E-state index contributed by atoms with van der Waals surface area (Å²) in [5.74, 6) is 0.542. The second-order valence-corrected chi connectivity index (χ2v) is 6.07. The molecule has 1 aliphatic heterocycles. The average molecular weight is 273 g/mol. The van der Waals surface area contributed by atoms with Crippen molar-refractivity contribution in [3.63, 3.8) is 0 Å². The highest BCUT2D eigenvalue weighted by Gasteiger charge is 2.22. The number of carboxylic acids is 1. The van der Waals surface area contributed by atoms with Crippen LogP contribution < -0.4 is 4.90 Å². The molecule has 1 N–H and O–H groups in total. The van der Waals surface area contributed by atoms with Crippen LogP contribution in [-0.2, 0) is 4.79 Å². The first-order valence-corrected chi connectivity index (χ1v) is 7.22. The van der Waals surface area contributed by atoms with Gasteiger partial charge in [-0.05, 0) is 54.5 Å². The van der Waals surface area contributed by atoms with Gasteiger partial charge in [-0.15, -0.1) is 0 Å². The smallest absolute Gasteiger partial charge is 0.328 e. The van der Waals surface area contributed by atoms with Gasteiger partial charge in [-0.2, -0.15) is 0 Å². The fourth-order valence-electron chi connectivity index (χ4n) is 3.16. The number of piperidine rings is 1. The molecule has 2 rings (SSSR count). The maximum atomic E-state index is 10.5. The Bertz CT molecular complexity index is 512. The van der Waals surface area contributed by atoms with Crippen molar-refractivity contribution in [2.45, 2.75) is 27.2 Å². The molecule has 1 aromatic carbocycles. The molecule has 0 amide bonds. The van der Waals surface area contributed by atoms with Crippen LogP contribution in [0.5, 0.6) is 0 Å². The second-order valence-electron chi connectivity index (χ2n) is 6.07. The molecule has 3 heteroatoms. The molecule has 2 atom stereocenters. The number of anilines is 1. The highest BCUT2D eigenvalue weighted by molar-refractivity contribution is 5.85. The Morgan fingerprint density at radius 1 is 1.30 bits per heavy atom. The SMILES string of the molecule is Cc1cc(C=CC(=O)O)ccc1N1CC(C)CC(C)C1. The minimum Gasteiger partial charge on any atom is -0.478 e. The Hall–Kier alpha value is -1.77. The summed E-state index contributed by atoms with van der Waals surface area (Å²) in [4.78, 5) is 13.0. The van der Waals surface area contributed by atoms with Crippen molar-refractivity contribution in [1.29, 1.82) is 0 Å². The molecular weight excluding hydrogens is 250 g/mol. The normalized spacial score (nSPS) is 23.2. The maximum absolute atomic E-state index is 10.5. The number of hydrogen-bond acceptors (Lipinski definition) is 2. The second kappa shape index (κ2) is 6.12. The zero-order valence-electron chi connectivity index (χ0n) is 12.5. The molecule has 0 bridgehead atoms. The van der Waals surface area contributed by atoms with Crippen LogP contribution in [0.4, 0.5) is 5.69 Å². The fourth-order valence-corrected chi connectivity index (χ4v) is 3.16. The molecule has 2 unspecified atom stereocenters. The van der Waals surface area contributed by atoms with Crippen LogP contribution in [0.15, 0.2) is 24.3 Å². The number of benzene rings is 1. The molecule has 3 nitrogen and oxygen atoms in total. The molecule has 1 aromatic rings. The van der Waals surface area contributed by atoms with E-state index in [2.05, 4.69) is 37.8 Å². The molecule has 1 saturated heterocycles.